The van der Waals surface area contributed by atoms with Gasteiger partial charge < -0.3 is 9.13 Å². The minimum absolute atomic E-state index is 1.15. The number of hydrogen-bond acceptors (Lipinski definition) is 0. The van der Waals surface area contributed by atoms with Crippen molar-refractivity contribution in [2.24, 2.45) is 0 Å². The van der Waals surface area contributed by atoms with Gasteiger partial charge in [0, 0.05) is 32.9 Å². The van der Waals surface area contributed by atoms with E-state index in [1.807, 2.05) is 0 Å². The lowest BCUT2D eigenvalue weighted by Crippen LogP contribution is -1.94. The third-order valence-corrected chi connectivity index (χ3v) is 12.1. The summed E-state index contributed by atoms with van der Waals surface area (Å²) in [6.07, 6.45) is 0. The number of rotatable bonds is 5. The Morgan fingerprint density at radius 2 is 0.690 bits per heavy atom. The maximum Gasteiger partial charge on any atom is 0.0547 e. The molecule has 0 saturated carbocycles. The van der Waals surface area contributed by atoms with E-state index in [1.165, 1.54) is 98.5 Å². The molecule has 2 heterocycles. The summed E-state index contributed by atoms with van der Waals surface area (Å²) in [6.45, 7) is 0. The predicted octanol–water partition coefficient (Wildman–Crippen LogP) is 15.2. The third-order valence-electron chi connectivity index (χ3n) is 12.1. The van der Waals surface area contributed by atoms with Crippen molar-refractivity contribution in [2.75, 3.05) is 0 Å². The van der Waals surface area contributed by atoms with Gasteiger partial charge in [-0.2, -0.15) is 0 Å². The van der Waals surface area contributed by atoms with Crippen LogP contribution in [0.3, 0.4) is 0 Å². The predicted molar refractivity (Wildman–Crippen MR) is 246 cm³/mol. The molecule has 0 aliphatic rings. The summed E-state index contributed by atoms with van der Waals surface area (Å²) in [6, 6.07) is 80.0. The molecule has 12 rings (SSSR count). The Balaban J connectivity index is 1.12. The number of para-hydroxylation sites is 2. The van der Waals surface area contributed by atoms with E-state index >= 15 is 0 Å². The molecule has 58 heavy (non-hydrogen) atoms. The van der Waals surface area contributed by atoms with Crippen LogP contribution in [-0.4, -0.2) is 9.13 Å². The Bertz CT molecular complexity index is 3560. The molecule has 0 unspecified atom stereocenters. The molecule has 0 aliphatic heterocycles. The van der Waals surface area contributed by atoms with Crippen LogP contribution >= 0.6 is 0 Å². The van der Waals surface area contributed by atoms with Crippen molar-refractivity contribution in [3.8, 4) is 44.8 Å². The van der Waals surface area contributed by atoms with Gasteiger partial charge in [-0.1, -0.05) is 170 Å². The van der Waals surface area contributed by atoms with Crippen LogP contribution in [0, 0.1) is 0 Å². The largest absolute Gasteiger partial charge is 0.309 e. The van der Waals surface area contributed by atoms with Gasteiger partial charge in [-0.3, -0.25) is 0 Å². The fraction of sp³-hybridized carbons (Fsp3) is 0. The zero-order valence-corrected chi connectivity index (χ0v) is 31.7. The highest BCUT2D eigenvalue weighted by atomic mass is 15.0. The zero-order valence-electron chi connectivity index (χ0n) is 31.7. The molecule has 0 spiro atoms. The van der Waals surface area contributed by atoms with Crippen molar-refractivity contribution in [3.05, 3.63) is 218 Å². The molecule has 0 bridgehead atoms. The van der Waals surface area contributed by atoms with Gasteiger partial charge in [-0.15, -0.1) is 0 Å². The first-order valence-corrected chi connectivity index (χ1v) is 20.0. The second kappa shape index (κ2) is 12.9. The van der Waals surface area contributed by atoms with Crippen LogP contribution in [0.1, 0.15) is 0 Å². The van der Waals surface area contributed by atoms with Crippen molar-refractivity contribution >= 4 is 65.2 Å². The van der Waals surface area contributed by atoms with Crippen molar-refractivity contribution in [1.29, 1.82) is 0 Å². The molecule has 2 heteroatoms. The highest BCUT2D eigenvalue weighted by molar-refractivity contribution is 6.22. The van der Waals surface area contributed by atoms with Crippen molar-refractivity contribution in [1.82, 2.24) is 9.13 Å². The molecule has 12 aromatic rings. The van der Waals surface area contributed by atoms with Gasteiger partial charge in [0.05, 0.1) is 22.1 Å². The summed E-state index contributed by atoms with van der Waals surface area (Å²) >= 11 is 0. The molecule has 0 atom stereocenters. The average molecular weight is 737 g/mol. The summed E-state index contributed by atoms with van der Waals surface area (Å²) in [7, 11) is 0. The molecule has 2 nitrogen and oxygen atoms in total. The van der Waals surface area contributed by atoms with E-state index in [2.05, 4.69) is 228 Å². The summed E-state index contributed by atoms with van der Waals surface area (Å²) in [5, 5.41) is 9.98. The van der Waals surface area contributed by atoms with E-state index in [0.717, 1.165) is 11.4 Å². The van der Waals surface area contributed by atoms with E-state index in [9.17, 15) is 0 Å². The number of hydrogen-bond donors (Lipinski definition) is 0. The Labute approximate surface area is 336 Å². The molecule has 2 aromatic heterocycles. The third kappa shape index (κ3) is 4.92. The Morgan fingerprint density at radius 3 is 1.33 bits per heavy atom. The number of fused-ring (bicyclic) bond motifs is 8. The molecule has 0 fully saturated rings. The number of benzene rings is 10. The van der Waals surface area contributed by atoms with Crippen LogP contribution in [0.15, 0.2) is 218 Å². The smallest absolute Gasteiger partial charge is 0.0547 e. The van der Waals surface area contributed by atoms with Gasteiger partial charge >= 0.3 is 0 Å². The van der Waals surface area contributed by atoms with Crippen LogP contribution in [0.4, 0.5) is 0 Å². The highest BCUT2D eigenvalue weighted by Crippen LogP contribution is 2.46. The van der Waals surface area contributed by atoms with E-state index in [0.29, 0.717) is 0 Å². The van der Waals surface area contributed by atoms with E-state index in [-0.39, 0.29) is 0 Å². The van der Waals surface area contributed by atoms with Crippen molar-refractivity contribution in [3.63, 3.8) is 0 Å². The van der Waals surface area contributed by atoms with Gasteiger partial charge in [-0.05, 0) is 103 Å². The second-order valence-corrected chi connectivity index (χ2v) is 15.3. The SMILES string of the molecule is c1ccc(-c2cccc(-n3c4ccccc4c4c(-c5cccc6cccc(-c7cccc8c7c7ccccc7n8-c7ccc8ccccc8c7)c56)cccc43)c2)cc1. The number of aromatic nitrogens is 2. The summed E-state index contributed by atoms with van der Waals surface area (Å²) in [5.41, 5.74) is 14.5. The Kier molecular flexibility index (Phi) is 7.26. The van der Waals surface area contributed by atoms with Crippen LogP contribution in [-0.2, 0) is 0 Å². The second-order valence-electron chi connectivity index (χ2n) is 15.3. The fourth-order valence-electron chi connectivity index (χ4n) is 9.60. The molecule has 0 radical (unpaired) electrons. The minimum Gasteiger partial charge on any atom is -0.309 e. The van der Waals surface area contributed by atoms with E-state index < -0.39 is 0 Å². The van der Waals surface area contributed by atoms with Crippen LogP contribution in [0.2, 0.25) is 0 Å². The Hall–Kier alpha value is -7.68. The standard InChI is InChI=1S/C56H36N2/c1-2-15-37(16-3-1)41-21-10-22-42(35-41)57-50-29-8-6-23-48(50)55-46(27-13-31-52(55)57)44-25-11-19-39-20-12-26-45(54(39)44)47-28-14-32-53-56(47)49-24-7-9-30-51(49)58(53)43-34-33-38-17-4-5-18-40(38)36-43/h1-36H. The number of nitrogens with zero attached hydrogens (tertiary/aromatic N) is 2. The Morgan fingerprint density at radius 1 is 0.241 bits per heavy atom. The quantitative estimate of drug-likeness (QED) is 0.167. The van der Waals surface area contributed by atoms with Crippen molar-refractivity contribution < 1.29 is 0 Å². The van der Waals surface area contributed by atoms with Gasteiger partial charge in [0.15, 0.2) is 0 Å². The van der Waals surface area contributed by atoms with Gasteiger partial charge in [-0.25, -0.2) is 0 Å². The normalized spacial score (nSPS) is 11.8. The first-order valence-electron chi connectivity index (χ1n) is 20.0. The molecule has 270 valence electrons. The van der Waals surface area contributed by atoms with Crippen LogP contribution < -0.4 is 0 Å². The first-order chi connectivity index (χ1) is 28.8. The lowest BCUT2D eigenvalue weighted by atomic mass is 9.88. The van der Waals surface area contributed by atoms with E-state index in [1.54, 1.807) is 0 Å². The highest BCUT2D eigenvalue weighted by Gasteiger charge is 2.21. The lowest BCUT2D eigenvalue weighted by molar-refractivity contribution is 1.18. The molecular weight excluding hydrogens is 701 g/mol. The lowest BCUT2D eigenvalue weighted by Gasteiger charge is -2.15. The summed E-state index contributed by atoms with van der Waals surface area (Å²) < 4.78 is 4.88. The summed E-state index contributed by atoms with van der Waals surface area (Å²) in [5.74, 6) is 0. The molecule has 0 amide bonds. The van der Waals surface area contributed by atoms with E-state index in [4.69, 9.17) is 0 Å². The van der Waals surface area contributed by atoms with Gasteiger partial charge in [0.2, 0.25) is 0 Å². The average Bonchev–Trinajstić information content (AvgIpc) is 3.82. The van der Waals surface area contributed by atoms with Crippen LogP contribution in [0.5, 0.6) is 0 Å². The van der Waals surface area contributed by atoms with Crippen molar-refractivity contribution in [2.45, 2.75) is 0 Å². The monoisotopic (exact) mass is 736 g/mol. The van der Waals surface area contributed by atoms with Gasteiger partial charge in [0.25, 0.3) is 0 Å². The molecule has 10 aromatic carbocycles. The molecule has 0 N–H and O–H groups in total. The maximum absolute atomic E-state index is 2.44. The maximum atomic E-state index is 2.44. The molecule has 0 aliphatic carbocycles. The summed E-state index contributed by atoms with van der Waals surface area (Å²) in [4.78, 5) is 0. The molecular formula is C56H36N2. The molecule has 0 saturated heterocycles. The fourth-order valence-corrected chi connectivity index (χ4v) is 9.60. The topological polar surface area (TPSA) is 9.86 Å². The van der Waals surface area contributed by atoms with Gasteiger partial charge in [0.1, 0.15) is 0 Å². The van der Waals surface area contributed by atoms with Crippen LogP contribution in [0.25, 0.3) is 110 Å². The first kappa shape index (κ1) is 32.6. The zero-order chi connectivity index (χ0) is 38.2. The minimum atomic E-state index is 1.15.